The number of nitrogens with one attached hydrogen (secondary N) is 1. The van der Waals surface area contributed by atoms with Crippen molar-refractivity contribution in [2.24, 2.45) is 0 Å². The molecule has 1 saturated heterocycles. The standard InChI is InChI=1S/C11H19F3N2O2.C2H2O4/c1-9(2)5-7(6-10(3,4)16(9)18)15-8(17)11(12,13)14;3-1(4)2(5)6/h7,18H,5-6H2,1-4H3,(H,15,17);(H,3,4)(H,5,6). The second-order valence-corrected chi connectivity index (χ2v) is 6.62. The molecule has 0 aromatic heterocycles. The van der Waals surface area contributed by atoms with E-state index < -0.39 is 41.1 Å². The van der Waals surface area contributed by atoms with Crippen LogP contribution < -0.4 is 5.32 Å². The lowest BCUT2D eigenvalue weighted by Crippen LogP contribution is -2.63. The van der Waals surface area contributed by atoms with Gasteiger partial charge in [-0.2, -0.15) is 18.2 Å². The smallest absolute Gasteiger partial charge is 0.471 e. The van der Waals surface area contributed by atoms with Crippen molar-refractivity contribution in [2.45, 2.75) is 63.8 Å². The van der Waals surface area contributed by atoms with Gasteiger partial charge in [-0.3, -0.25) is 4.79 Å². The first-order chi connectivity index (χ1) is 10.5. The Labute approximate surface area is 136 Å². The molecule has 0 spiro atoms. The number of alkyl halides is 3. The van der Waals surface area contributed by atoms with E-state index in [1.54, 1.807) is 27.7 Å². The zero-order valence-electron chi connectivity index (χ0n) is 13.6. The summed E-state index contributed by atoms with van der Waals surface area (Å²) in [5, 5.41) is 27.9. The summed E-state index contributed by atoms with van der Waals surface area (Å²) in [6.45, 7) is 6.89. The minimum absolute atomic E-state index is 0.259. The third kappa shape index (κ3) is 6.32. The van der Waals surface area contributed by atoms with Gasteiger partial charge < -0.3 is 20.7 Å². The lowest BCUT2D eigenvalue weighted by Gasteiger charge is -2.51. The number of carboxylic acid groups (broad SMARTS) is 2. The number of carbonyl (C=O) groups is 3. The molecule has 1 aliphatic heterocycles. The van der Waals surface area contributed by atoms with E-state index in [1.165, 1.54) is 0 Å². The summed E-state index contributed by atoms with van der Waals surface area (Å²) in [5.41, 5.74) is -1.38. The molecule has 0 bridgehead atoms. The van der Waals surface area contributed by atoms with Gasteiger partial charge in [0.25, 0.3) is 0 Å². The third-order valence-corrected chi connectivity index (χ3v) is 3.41. The molecule has 1 fully saturated rings. The summed E-state index contributed by atoms with van der Waals surface area (Å²) < 4.78 is 36.6. The van der Waals surface area contributed by atoms with Crippen LogP contribution >= 0.6 is 0 Å². The number of hydrogen-bond donors (Lipinski definition) is 4. The minimum atomic E-state index is -4.87. The number of hydrogen-bond acceptors (Lipinski definition) is 5. The molecular weight excluding hydrogens is 337 g/mol. The first kappa shape index (κ1) is 22.1. The highest BCUT2D eigenvalue weighted by atomic mass is 19.4. The molecule has 1 rings (SSSR count). The summed E-state index contributed by atoms with van der Waals surface area (Å²) in [6, 6.07) is -0.604. The fraction of sp³-hybridized carbons (Fsp3) is 0.769. The predicted octanol–water partition coefficient (Wildman–Crippen LogP) is 1.23. The lowest BCUT2D eigenvalue weighted by molar-refractivity contribution is -0.246. The Balaban J connectivity index is 0.000000754. The molecule has 0 radical (unpaired) electrons. The highest BCUT2D eigenvalue weighted by molar-refractivity contribution is 6.27. The van der Waals surface area contributed by atoms with Crippen LogP contribution in [-0.4, -0.2) is 61.6 Å². The van der Waals surface area contributed by atoms with Crippen molar-refractivity contribution >= 4 is 17.8 Å². The van der Waals surface area contributed by atoms with Gasteiger partial charge >= 0.3 is 24.0 Å². The van der Waals surface area contributed by atoms with E-state index in [-0.39, 0.29) is 12.8 Å². The summed E-state index contributed by atoms with van der Waals surface area (Å²) in [4.78, 5) is 29.1. The first-order valence-corrected chi connectivity index (χ1v) is 6.84. The van der Waals surface area contributed by atoms with E-state index in [0.29, 0.717) is 0 Å². The van der Waals surface area contributed by atoms with Crippen LogP contribution in [0.3, 0.4) is 0 Å². The summed E-state index contributed by atoms with van der Waals surface area (Å²) in [7, 11) is 0. The van der Waals surface area contributed by atoms with Crippen molar-refractivity contribution in [1.29, 1.82) is 0 Å². The first-order valence-electron chi connectivity index (χ1n) is 6.84. The number of halogens is 3. The third-order valence-electron chi connectivity index (χ3n) is 3.41. The molecule has 0 saturated carbocycles. The molecule has 1 heterocycles. The number of rotatable bonds is 1. The normalized spacial score (nSPS) is 20.5. The van der Waals surface area contributed by atoms with Crippen molar-refractivity contribution in [3.8, 4) is 0 Å². The van der Waals surface area contributed by atoms with Crippen LogP contribution in [0.5, 0.6) is 0 Å². The zero-order chi connectivity index (χ0) is 19.5. The van der Waals surface area contributed by atoms with Gasteiger partial charge in [0.15, 0.2) is 0 Å². The molecule has 140 valence electrons. The Morgan fingerprint density at radius 2 is 1.33 bits per heavy atom. The van der Waals surface area contributed by atoms with E-state index in [2.05, 4.69) is 0 Å². The van der Waals surface area contributed by atoms with Crippen LogP contribution in [0.25, 0.3) is 0 Å². The van der Waals surface area contributed by atoms with E-state index >= 15 is 0 Å². The van der Waals surface area contributed by atoms with E-state index in [4.69, 9.17) is 19.8 Å². The van der Waals surface area contributed by atoms with Gasteiger partial charge in [0.2, 0.25) is 0 Å². The predicted molar refractivity (Wildman–Crippen MR) is 74.3 cm³/mol. The fourth-order valence-corrected chi connectivity index (χ4v) is 2.64. The maximum Gasteiger partial charge on any atom is 0.471 e. The van der Waals surface area contributed by atoms with Crippen molar-refractivity contribution in [2.75, 3.05) is 0 Å². The number of nitrogens with zero attached hydrogens (tertiary/aromatic N) is 1. The number of amides is 1. The number of hydroxylamine groups is 2. The SMILES string of the molecule is CC1(C)CC(NC(=O)C(F)(F)F)CC(C)(C)N1O.O=C(O)C(=O)O. The van der Waals surface area contributed by atoms with Crippen molar-refractivity contribution in [3.05, 3.63) is 0 Å². The van der Waals surface area contributed by atoms with Gasteiger partial charge in [0, 0.05) is 17.1 Å². The quantitative estimate of drug-likeness (QED) is 0.519. The average molecular weight is 358 g/mol. The van der Waals surface area contributed by atoms with Crippen LogP contribution in [-0.2, 0) is 14.4 Å². The number of carboxylic acids is 2. The Bertz CT molecular complexity index is 474. The van der Waals surface area contributed by atoms with Crippen molar-refractivity contribution in [3.63, 3.8) is 0 Å². The molecule has 1 aliphatic rings. The zero-order valence-corrected chi connectivity index (χ0v) is 13.6. The molecule has 4 N–H and O–H groups in total. The van der Waals surface area contributed by atoms with Crippen molar-refractivity contribution in [1.82, 2.24) is 10.4 Å². The largest absolute Gasteiger partial charge is 0.473 e. The van der Waals surface area contributed by atoms with Crippen LogP contribution in [0.2, 0.25) is 0 Å². The monoisotopic (exact) mass is 358 g/mol. The molecule has 0 unspecified atom stereocenters. The Kier molecular flexibility index (Phi) is 6.77. The van der Waals surface area contributed by atoms with Crippen LogP contribution in [0, 0.1) is 0 Å². The molecule has 0 atom stereocenters. The molecule has 24 heavy (non-hydrogen) atoms. The van der Waals surface area contributed by atoms with Gasteiger partial charge in [0.1, 0.15) is 0 Å². The summed E-state index contributed by atoms with van der Waals surface area (Å²) in [5.74, 6) is -5.57. The second kappa shape index (κ2) is 7.34. The van der Waals surface area contributed by atoms with Crippen LogP contribution in [0.1, 0.15) is 40.5 Å². The van der Waals surface area contributed by atoms with Gasteiger partial charge in [-0.05, 0) is 40.5 Å². The Morgan fingerprint density at radius 3 is 1.58 bits per heavy atom. The molecular formula is C13H21F3N2O6. The van der Waals surface area contributed by atoms with Gasteiger partial charge in [-0.15, -0.1) is 0 Å². The topological polar surface area (TPSA) is 127 Å². The maximum atomic E-state index is 12.2. The molecule has 1 amide bonds. The lowest BCUT2D eigenvalue weighted by atomic mass is 9.79. The fourth-order valence-electron chi connectivity index (χ4n) is 2.64. The van der Waals surface area contributed by atoms with E-state index in [0.717, 1.165) is 5.06 Å². The van der Waals surface area contributed by atoms with E-state index in [1.807, 2.05) is 5.32 Å². The minimum Gasteiger partial charge on any atom is -0.473 e. The summed E-state index contributed by atoms with van der Waals surface area (Å²) >= 11 is 0. The van der Waals surface area contributed by atoms with Crippen molar-refractivity contribution < 1.29 is 43.0 Å². The highest BCUT2D eigenvalue weighted by Gasteiger charge is 2.47. The molecule has 8 nitrogen and oxygen atoms in total. The molecule has 0 aliphatic carbocycles. The summed E-state index contributed by atoms with van der Waals surface area (Å²) in [6.07, 6.45) is -4.35. The molecule has 0 aromatic carbocycles. The van der Waals surface area contributed by atoms with Gasteiger partial charge in [0.05, 0.1) is 0 Å². The Hall–Kier alpha value is -1.88. The number of carbonyl (C=O) groups excluding carboxylic acids is 1. The molecule has 11 heteroatoms. The second-order valence-electron chi connectivity index (χ2n) is 6.62. The average Bonchev–Trinajstić information content (AvgIpc) is 2.34. The van der Waals surface area contributed by atoms with Gasteiger partial charge in [-0.1, -0.05) is 0 Å². The van der Waals surface area contributed by atoms with Gasteiger partial charge in [-0.25, -0.2) is 9.59 Å². The van der Waals surface area contributed by atoms with E-state index in [9.17, 15) is 23.2 Å². The van der Waals surface area contributed by atoms with Crippen LogP contribution in [0.15, 0.2) is 0 Å². The number of piperidine rings is 1. The Morgan fingerprint density at radius 1 is 1.00 bits per heavy atom. The van der Waals surface area contributed by atoms with Crippen LogP contribution in [0.4, 0.5) is 13.2 Å². The maximum absolute atomic E-state index is 12.2. The highest BCUT2D eigenvalue weighted by Crippen LogP contribution is 2.36. The number of aliphatic carboxylic acids is 2. The molecule has 0 aromatic rings.